The van der Waals surface area contributed by atoms with Gasteiger partial charge in [0.25, 0.3) is 5.91 Å². The largest absolute Gasteiger partial charge is 0.378 e. The smallest absolute Gasteiger partial charge is 0.253 e. The Balaban J connectivity index is 1.53. The molecule has 2 aromatic heterocycles. The lowest BCUT2D eigenvalue weighted by atomic mass is 10.2. The van der Waals surface area contributed by atoms with Gasteiger partial charge in [-0.25, -0.2) is 9.97 Å². The Kier molecular flexibility index (Phi) is 4.07. The van der Waals surface area contributed by atoms with Crippen LogP contribution in [0.2, 0.25) is 0 Å². The van der Waals surface area contributed by atoms with Gasteiger partial charge in [0.1, 0.15) is 5.52 Å². The molecule has 0 aliphatic carbocycles. The van der Waals surface area contributed by atoms with Crippen molar-refractivity contribution in [1.29, 1.82) is 0 Å². The summed E-state index contributed by atoms with van der Waals surface area (Å²) in [5.41, 5.74) is 1.70. The van der Waals surface area contributed by atoms with Crippen LogP contribution in [0, 0.1) is 0 Å². The predicted molar refractivity (Wildman–Crippen MR) is 87.9 cm³/mol. The zero-order chi connectivity index (χ0) is 16.5. The zero-order valence-electron chi connectivity index (χ0n) is 13.7. The number of anilines is 1. The second-order valence-electron chi connectivity index (χ2n) is 6.06. The van der Waals surface area contributed by atoms with E-state index in [4.69, 9.17) is 9.47 Å². The summed E-state index contributed by atoms with van der Waals surface area (Å²) in [4.78, 5) is 25.6. The van der Waals surface area contributed by atoms with E-state index in [0.717, 1.165) is 17.1 Å². The maximum atomic E-state index is 12.7. The number of ether oxygens (including phenoxy) is 2. The first-order valence-corrected chi connectivity index (χ1v) is 8.24. The molecule has 2 saturated heterocycles. The second kappa shape index (κ2) is 6.37. The van der Waals surface area contributed by atoms with Crippen LogP contribution in [0.15, 0.2) is 18.3 Å². The number of nitrogens with zero attached hydrogens (tertiary/aromatic N) is 5. The van der Waals surface area contributed by atoms with E-state index in [9.17, 15) is 4.79 Å². The van der Waals surface area contributed by atoms with Gasteiger partial charge < -0.3 is 19.3 Å². The molecular weight excluding hydrogens is 310 g/mol. The van der Waals surface area contributed by atoms with Crippen molar-refractivity contribution >= 4 is 23.0 Å². The van der Waals surface area contributed by atoms with Crippen LogP contribution in [-0.2, 0) is 21.3 Å². The van der Waals surface area contributed by atoms with Crippen LogP contribution in [0.25, 0.3) is 11.2 Å². The van der Waals surface area contributed by atoms with Crippen LogP contribution in [0.5, 0.6) is 0 Å². The minimum Gasteiger partial charge on any atom is -0.378 e. The minimum absolute atomic E-state index is 0.0416. The molecule has 1 amide bonds. The third kappa shape index (κ3) is 2.71. The molecule has 0 bridgehead atoms. The molecule has 2 fully saturated rings. The molecule has 8 nitrogen and oxygen atoms in total. The molecule has 8 heteroatoms. The predicted octanol–water partition coefficient (Wildman–Crippen LogP) is 0.0323. The lowest BCUT2D eigenvalue weighted by Gasteiger charge is -2.36. The number of carbonyl (C=O) groups is 1. The van der Waals surface area contributed by atoms with E-state index in [1.807, 2.05) is 28.6 Å². The van der Waals surface area contributed by atoms with E-state index in [2.05, 4.69) is 14.9 Å². The number of amides is 1. The van der Waals surface area contributed by atoms with Crippen LogP contribution in [0.3, 0.4) is 0 Å². The van der Waals surface area contributed by atoms with E-state index in [-0.39, 0.29) is 5.91 Å². The van der Waals surface area contributed by atoms with Crippen molar-refractivity contribution in [2.75, 3.05) is 50.9 Å². The fourth-order valence-electron chi connectivity index (χ4n) is 3.26. The molecule has 0 N–H and O–H groups in total. The third-order valence-corrected chi connectivity index (χ3v) is 4.55. The van der Waals surface area contributed by atoms with Gasteiger partial charge in [0.15, 0.2) is 11.8 Å². The van der Waals surface area contributed by atoms with Gasteiger partial charge in [0, 0.05) is 32.9 Å². The number of imidazole rings is 1. The Morgan fingerprint density at radius 3 is 2.88 bits per heavy atom. The van der Waals surface area contributed by atoms with Crippen LogP contribution in [0.1, 0.15) is 0 Å². The SMILES string of the molecule is Cn1c(N2CCOC(C(=O)N3CCOCC3)C2)nc2cccnc21. The zero-order valence-corrected chi connectivity index (χ0v) is 13.7. The number of aryl methyl sites for hydroxylation is 1. The summed E-state index contributed by atoms with van der Waals surface area (Å²) in [6.45, 7) is 4.19. The maximum Gasteiger partial charge on any atom is 0.253 e. The molecule has 128 valence electrons. The van der Waals surface area contributed by atoms with Crippen LogP contribution < -0.4 is 4.90 Å². The van der Waals surface area contributed by atoms with E-state index in [1.165, 1.54) is 0 Å². The molecule has 4 heterocycles. The van der Waals surface area contributed by atoms with Crippen molar-refractivity contribution in [2.45, 2.75) is 6.10 Å². The third-order valence-electron chi connectivity index (χ3n) is 4.55. The molecule has 24 heavy (non-hydrogen) atoms. The normalized spacial score (nSPS) is 22.1. The molecule has 1 atom stereocenters. The number of hydrogen-bond donors (Lipinski definition) is 0. The highest BCUT2D eigenvalue weighted by Crippen LogP contribution is 2.22. The second-order valence-corrected chi connectivity index (χ2v) is 6.06. The van der Waals surface area contributed by atoms with E-state index in [1.54, 1.807) is 6.20 Å². The van der Waals surface area contributed by atoms with Gasteiger partial charge in [-0.2, -0.15) is 0 Å². The van der Waals surface area contributed by atoms with Crippen molar-refractivity contribution in [1.82, 2.24) is 19.4 Å². The number of pyridine rings is 1. The number of hydrogen-bond acceptors (Lipinski definition) is 6. The number of aromatic nitrogens is 3. The first kappa shape index (κ1) is 15.3. The first-order chi connectivity index (χ1) is 11.7. The summed E-state index contributed by atoms with van der Waals surface area (Å²) >= 11 is 0. The average molecular weight is 331 g/mol. The number of rotatable bonds is 2. The molecule has 0 radical (unpaired) electrons. The van der Waals surface area contributed by atoms with Crippen molar-refractivity contribution in [2.24, 2.45) is 7.05 Å². The highest BCUT2D eigenvalue weighted by atomic mass is 16.5. The lowest BCUT2D eigenvalue weighted by Crippen LogP contribution is -2.53. The molecular formula is C16H21N5O3. The summed E-state index contributed by atoms with van der Waals surface area (Å²) in [6, 6.07) is 3.83. The summed E-state index contributed by atoms with van der Waals surface area (Å²) < 4.78 is 13.0. The highest BCUT2D eigenvalue weighted by Gasteiger charge is 2.32. The molecule has 1 unspecified atom stereocenters. The van der Waals surface area contributed by atoms with E-state index >= 15 is 0 Å². The molecule has 2 aliphatic heterocycles. The van der Waals surface area contributed by atoms with Gasteiger partial charge >= 0.3 is 0 Å². The van der Waals surface area contributed by atoms with Gasteiger partial charge in [0.05, 0.1) is 26.4 Å². The highest BCUT2D eigenvalue weighted by molar-refractivity contribution is 5.82. The van der Waals surface area contributed by atoms with Crippen LogP contribution >= 0.6 is 0 Å². The molecule has 2 aliphatic rings. The molecule has 2 aromatic rings. The van der Waals surface area contributed by atoms with E-state index in [0.29, 0.717) is 46.0 Å². The first-order valence-electron chi connectivity index (χ1n) is 8.24. The molecule has 4 rings (SSSR count). The molecule has 0 saturated carbocycles. The summed E-state index contributed by atoms with van der Waals surface area (Å²) in [5.74, 6) is 0.867. The van der Waals surface area contributed by atoms with Crippen molar-refractivity contribution in [3.05, 3.63) is 18.3 Å². The Bertz CT molecular complexity index is 740. The average Bonchev–Trinajstić information content (AvgIpc) is 2.99. The number of carbonyl (C=O) groups excluding carboxylic acids is 1. The maximum absolute atomic E-state index is 12.7. The Morgan fingerprint density at radius 1 is 1.25 bits per heavy atom. The van der Waals surface area contributed by atoms with Crippen LogP contribution in [-0.4, -0.2) is 77.4 Å². The van der Waals surface area contributed by atoms with Crippen molar-refractivity contribution in [3.8, 4) is 0 Å². The Labute approximate surface area is 140 Å². The summed E-state index contributed by atoms with van der Waals surface area (Å²) in [5, 5.41) is 0. The van der Waals surface area contributed by atoms with Gasteiger partial charge in [-0.15, -0.1) is 0 Å². The van der Waals surface area contributed by atoms with Gasteiger partial charge in [-0.3, -0.25) is 9.36 Å². The number of morpholine rings is 2. The summed E-state index contributed by atoms with van der Waals surface area (Å²) in [6.07, 6.45) is 1.31. The van der Waals surface area contributed by atoms with Crippen LogP contribution in [0.4, 0.5) is 5.95 Å². The number of fused-ring (bicyclic) bond motifs is 1. The quantitative estimate of drug-likeness (QED) is 0.773. The van der Waals surface area contributed by atoms with Crippen molar-refractivity contribution < 1.29 is 14.3 Å². The fraction of sp³-hybridized carbons (Fsp3) is 0.562. The van der Waals surface area contributed by atoms with Gasteiger partial charge in [0.2, 0.25) is 5.95 Å². The lowest BCUT2D eigenvalue weighted by molar-refractivity contribution is -0.148. The fourth-order valence-corrected chi connectivity index (χ4v) is 3.26. The van der Waals surface area contributed by atoms with E-state index < -0.39 is 6.10 Å². The summed E-state index contributed by atoms with van der Waals surface area (Å²) in [7, 11) is 1.95. The molecule has 0 aromatic carbocycles. The Hall–Kier alpha value is -2.19. The standard InChI is InChI=1S/C16H21N5O3/c1-19-14-12(3-2-4-17-14)18-16(19)21-7-10-24-13(11-21)15(22)20-5-8-23-9-6-20/h2-4,13H,5-11H2,1H3. The molecule has 0 spiro atoms. The van der Waals surface area contributed by atoms with Gasteiger partial charge in [-0.05, 0) is 12.1 Å². The minimum atomic E-state index is -0.454. The van der Waals surface area contributed by atoms with Crippen molar-refractivity contribution in [3.63, 3.8) is 0 Å². The topological polar surface area (TPSA) is 72.7 Å². The Morgan fingerprint density at radius 2 is 2.08 bits per heavy atom. The van der Waals surface area contributed by atoms with Gasteiger partial charge in [-0.1, -0.05) is 0 Å². The monoisotopic (exact) mass is 331 g/mol.